The minimum absolute atomic E-state index is 1.22. The van der Waals surface area contributed by atoms with E-state index in [2.05, 4.69) is 102 Å². The van der Waals surface area contributed by atoms with Gasteiger partial charge in [0.1, 0.15) is 0 Å². The maximum Gasteiger partial charge on any atom is 0.0639 e. The standard InChI is InChI=1S/C38H60S4/c1-7-13-23-31-33(25-15-9-3)37(39-29-17-11-5)41-35(31)27-21-19-20-22-28-36-32(24-14-8-2)34(26-16-10-4)38(42-36)40-30-18-12-6/h19-22,27-28H,7-18,23-26,29-30H2,1-6H3/b20-19+,27-21+,28-22+. The molecule has 2 aromatic rings. The molecule has 0 fully saturated rings. The second-order valence-electron chi connectivity index (χ2n) is 11.3. The Hall–Kier alpha value is -0.680. The van der Waals surface area contributed by atoms with Crippen LogP contribution < -0.4 is 0 Å². The fourth-order valence-corrected chi connectivity index (χ4v) is 10.6. The molecular weight excluding hydrogens is 585 g/mol. The average molecular weight is 645 g/mol. The molecule has 0 N–H and O–H groups in total. The summed E-state index contributed by atoms with van der Waals surface area (Å²) in [6.45, 7) is 13.9. The molecule has 0 atom stereocenters. The fourth-order valence-electron chi connectivity index (χ4n) is 4.99. The van der Waals surface area contributed by atoms with E-state index >= 15 is 0 Å². The number of hydrogen-bond donors (Lipinski definition) is 0. The lowest BCUT2D eigenvalue weighted by Gasteiger charge is -2.07. The molecule has 0 amide bonds. The van der Waals surface area contributed by atoms with Crippen molar-refractivity contribution in [3.63, 3.8) is 0 Å². The molecule has 0 saturated heterocycles. The quantitative estimate of drug-likeness (QED) is 0.0633. The molecule has 0 aliphatic rings. The van der Waals surface area contributed by atoms with Crippen LogP contribution in [0.2, 0.25) is 0 Å². The van der Waals surface area contributed by atoms with E-state index in [1.54, 1.807) is 30.7 Å². The van der Waals surface area contributed by atoms with Crippen LogP contribution in [0.1, 0.15) is 151 Å². The second kappa shape index (κ2) is 23.7. The molecule has 0 unspecified atom stereocenters. The third-order valence-electron chi connectivity index (χ3n) is 7.63. The van der Waals surface area contributed by atoms with E-state index < -0.39 is 0 Å². The zero-order valence-electron chi connectivity index (χ0n) is 27.8. The highest BCUT2D eigenvalue weighted by Gasteiger charge is 2.17. The Labute approximate surface area is 277 Å². The summed E-state index contributed by atoms with van der Waals surface area (Å²) in [6.07, 6.45) is 34.2. The highest BCUT2D eigenvalue weighted by atomic mass is 32.2. The summed E-state index contributed by atoms with van der Waals surface area (Å²) in [6, 6.07) is 0. The molecule has 0 bridgehead atoms. The minimum atomic E-state index is 1.22. The van der Waals surface area contributed by atoms with Gasteiger partial charge in [0, 0.05) is 9.75 Å². The van der Waals surface area contributed by atoms with Crippen LogP contribution in [0.3, 0.4) is 0 Å². The lowest BCUT2D eigenvalue weighted by molar-refractivity contribution is 0.755. The number of allylic oxidation sites excluding steroid dienone is 4. The van der Waals surface area contributed by atoms with Crippen molar-refractivity contribution in [3.05, 3.63) is 56.3 Å². The van der Waals surface area contributed by atoms with E-state index in [-0.39, 0.29) is 0 Å². The molecular formula is C38H60S4. The van der Waals surface area contributed by atoms with Crippen molar-refractivity contribution >= 4 is 58.3 Å². The first-order valence-electron chi connectivity index (χ1n) is 17.2. The second-order valence-corrected chi connectivity index (χ2v) is 16.2. The topological polar surface area (TPSA) is 0 Å². The summed E-state index contributed by atoms with van der Waals surface area (Å²) in [7, 11) is 0. The Kier molecular flexibility index (Phi) is 21.1. The predicted octanol–water partition coefficient (Wildman–Crippen LogP) is 14.2. The molecule has 4 heteroatoms. The van der Waals surface area contributed by atoms with Gasteiger partial charge in [0.25, 0.3) is 0 Å². The summed E-state index contributed by atoms with van der Waals surface area (Å²) in [5.74, 6) is 2.50. The largest absolute Gasteiger partial charge is 0.129 e. The molecule has 0 saturated carbocycles. The van der Waals surface area contributed by atoms with Gasteiger partial charge in [0.2, 0.25) is 0 Å². The van der Waals surface area contributed by atoms with Crippen molar-refractivity contribution < 1.29 is 0 Å². The highest BCUT2D eigenvalue weighted by Crippen LogP contribution is 2.40. The zero-order chi connectivity index (χ0) is 30.4. The summed E-state index contributed by atoms with van der Waals surface area (Å²) in [5, 5.41) is 0. The van der Waals surface area contributed by atoms with Gasteiger partial charge in [-0.25, -0.2) is 0 Å². The van der Waals surface area contributed by atoms with Crippen molar-refractivity contribution in [3.8, 4) is 0 Å². The van der Waals surface area contributed by atoms with Gasteiger partial charge in [0.05, 0.1) is 8.42 Å². The Morgan fingerprint density at radius 2 is 0.762 bits per heavy atom. The SMILES string of the molecule is CCCCSc1sc(/C=C/C=C/C=C/c2sc(SCCCC)c(CCCC)c2CCCC)c(CCCC)c1CCCC. The predicted molar refractivity (Wildman–Crippen MR) is 202 cm³/mol. The van der Waals surface area contributed by atoms with Gasteiger partial charge in [-0.2, -0.15) is 0 Å². The first-order chi connectivity index (χ1) is 20.6. The average Bonchev–Trinajstić information content (AvgIpc) is 3.50. The highest BCUT2D eigenvalue weighted by molar-refractivity contribution is 8.01. The molecule has 2 aromatic heterocycles. The molecule has 0 aliphatic carbocycles. The maximum absolute atomic E-state index is 2.39. The Bertz CT molecular complexity index is 981. The minimum Gasteiger partial charge on any atom is -0.129 e. The molecule has 0 aromatic carbocycles. The Balaban J connectivity index is 2.26. The Morgan fingerprint density at radius 1 is 0.429 bits per heavy atom. The number of hydrogen-bond acceptors (Lipinski definition) is 4. The lowest BCUT2D eigenvalue weighted by Crippen LogP contribution is -1.94. The molecule has 42 heavy (non-hydrogen) atoms. The van der Waals surface area contributed by atoms with E-state index in [9.17, 15) is 0 Å². The van der Waals surface area contributed by atoms with Crippen LogP contribution in [0.5, 0.6) is 0 Å². The molecule has 2 heterocycles. The molecule has 0 radical (unpaired) electrons. The monoisotopic (exact) mass is 644 g/mol. The third kappa shape index (κ3) is 13.1. The van der Waals surface area contributed by atoms with E-state index in [4.69, 9.17) is 0 Å². The lowest BCUT2D eigenvalue weighted by atomic mass is 10.00. The summed E-state index contributed by atoms with van der Waals surface area (Å²) in [5.41, 5.74) is 6.62. The molecule has 0 nitrogen and oxygen atoms in total. The fraction of sp³-hybridized carbons (Fsp3) is 0.632. The van der Waals surface area contributed by atoms with E-state index in [1.165, 1.54) is 124 Å². The molecule has 236 valence electrons. The molecule has 0 spiro atoms. The Morgan fingerprint density at radius 3 is 1.10 bits per heavy atom. The maximum atomic E-state index is 2.39. The smallest absolute Gasteiger partial charge is 0.0639 e. The molecule has 2 rings (SSSR count). The van der Waals surface area contributed by atoms with Gasteiger partial charge in [-0.1, -0.05) is 104 Å². The number of thioether (sulfide) groups is 2. The first-order valence-corrected chi connectivity index (χ1v) is 20.8. The number of rotatable bonds is 24. The van der Waals surface area contributed by atoms with Crippen LogP contribution in [0.4, 0.5) is 0 Å². The van der Waals surface area contributed by atoms with Gasteiger partial charge >= 0.3 is 0 Å². The van der Waals surface area contributed by atoms with Gasteiger partial charge in [-0.15, -0.1) is 46.2 Å². The summed E-state index contributed by atoms with van der Waals surface area (Å²) in [4.78, 5) is 2.99. The number of unbranched alkanes of at least 4 members (excludes halogenated alkanes) is 6. The van der Waals surface area contributed by atoms with Gasteiger partial charge in [-0.05, 0) is 110 Å². The summed E-state index contributed by atoms with van der Waals surface area (Å²) < 4.78 is 3.19. The van der Waals surface area contributed by atoms with Crippen molar-refractivity contribution in [2.75, 3.05) is 11.5 Å². The van der Waals surface area contributed by atoms with Crippen molar-refractivity contribution in [1.29, 1.82) is 0 Å². The van der Waals surface area contributed by atoms with E-state index in [0.29, 0.717) is 0 Å². The third-order valence-corrected chi connectivity index (χ3v) is 12.9. The van der Waals surface area contributed by atoms with Crippen LogP contribution in [0.15, 0.2) is 32.7 Å². The van der Waals surface area contributed by atoms with Crippen LogP contribution in [-0.4, -0.2) is 11.5 Å². The molecule has 0 aliphatic heterocycles. The van der Waals surface area contributed by atoms with Crippen LogP contribution >= 0.6 is 46.2 Å². The summed E-state index contributed by atoms with van der Waals surface area (Å²) >= 11 is 8.32. The first kappa shape index (κ1) is 37.5. The van der Waals surface area contributed by atoms with Crippen molar-refractivity contribution in [2.24, 2.45) is 0 Å². The van der Waals surface area contributed by atoms with Crippen LogP contribution in [0.25, 0.3) is 12.2 Å². The van der Waals surface area contributed by atoms with Crippen LogP contribution in [0, 0.1) is 0 Å². The van der Waals surface area contributed by atoms with E-state index in [0.717, 1.165) is 0 Å². The van der Waals surface area contributed by atoms with Crippen LogP contribution in [-0.2, 0) is 25.7 Å². The zero-order valence-corrected chi connectivity index (χ0v) is 31.1. The van der Waals surface area contributed by atoms with Crippen molar-refractivity contribution in [1.82, 2.24) is 0 Å². The number of thiophene rings is 2. The normalized spacial score (nSPS) is 12.2. The van der Waals surface area contributed by atoms with Gasteiger partial charge in [0.15, 0.2) is 0 Å². The van der Waals surface area contributed by atoms with Crippen molar-refractivity contribution in [2.45, 2.75) is 153 Å². The van der Waals surface area contributed by atoms with E-state index in [1.807, 2.05) is 22.7 Å². The van der Waals surface area contributed by atoms with Gasteiger partial charge < -0.3 is 0 Å². The van der Waals surface area contributed by atoms with Gasteiger partial charge in [-0.3, -0.25) is 0 Å².